The Morgan fingerprint density at radius 3 is 2.47 bits per heavy atom. The number of carboxylic acid groups (broad SMARTS) is 2. The highest BCUT2D eigenvalue weighted by Gasteiger charge is 2.58. The Labute approximate surface area is 174 Å². The Morgan fingerprint density at radius 1 is 1.23 bits per heavy atom. The van der Waals surface area contributed by atoms with Crippen LogP contribution in [0.2, 0.25) is 0 Å². The van der Waals surface area contributed by atoms with Crippen molar-refractivity contribution in [2.45, 2.75) is 50.1 Å². The molecule has 1 aliphatic heterocycles. The number of aromatic nitrogens is 1. The van der Waals surface area contributed by atoms with Crippen LogP contribution in [0.5, 0.6) is 0 Å². The minimum Gasteiger partial charge on any atom is -0.481 e. The van der Waals surface area contributed by atoms with Crippen LogP contribution in [0.3, 0.4) is 0 Å². The third-order valence-electron chi connectivity index (χ3n) is 5.84. The molecule has 1 amide bonds. The maximum Gasteiger partial charge on any atom is 0.330 e. The molecule has 166 valence electrons. The number of rotatable bonds is 11. The predicted octanol–water partition coefficient (Wildman–Crippen LogP) is 0.201. The summed E-state index contributed by atoms with van der Waals surface area (Å²) in [5.74, 6) is -5.57. The van der Waals surface area contributed by atoms with Crippen LogP contribution in [0.4, 0.5) is 0 Å². The maximum atomic E-state index is 13.0. The van der Waals surface area contributed by atoms with Gasteiger partial charge in [0.25, 0.3) is 0 Å². The van der Waals surface area contributed by atoms with Gasteiger partial charge in [0.15, 0.2) is 11.3 Å². The quantitative estimate of drug-likeness (QED) is 0.289. The van der Waals surface area contributed by atoms with E-state index in [4.69, 9.17) is 11.5 Å². The highest BCUT2D eigenvalue weighted by molar-refractivity contribution is 6.00. The summed E-state index contributed by atoms with van der Waals surface area (Å²) in [5, 5.41) is 19.9. The summed E-state index contributed by atoms with van der Waals surface area (Å²) < 4.78 is 1.54. The normalized spacial score (nSPS) is 20.7. The number of carbonyl (C=O) groups is 4. The smallest absolute Gasteiger partial charge is 0.330 e. The molecule has 0 aliphatic carbocycles. The fourth-order valence-corrected chi connectivity index (χ4v) is 4.22. The summed E-state index contributed by atoms with van der Waals surface area (Å²) in [6, 6.07) is 2.23. The van der Waals surface area contributed by atoms with Crippen LogP contribution in [0, 0.1) is 5.92 Å². The number of ketones is 1. The molecule has 3 atom stereocenters. The minimum atomic E-state index is -2.02. The third kappa shape index (κ3) is 4.54. The van der Waals surface area contributed by atoms with Crippen LogP contribution in [-0.4, -0.2) is 68.0 Å². The molecule has 0 spiro atoms. The van der Waals surface area contributed by atoms with Gasteiger partial charge in [0.1, 0.15) is 0 Å². The number of carbonyl (C=O) groups excluding carboxylic acids is 2. The lowest BCUT2D eigenvalue weighted by molar-refractivity contribution is -0.168. The van der Waals surface area contributed by atoms with Crippen LogP contribution in [0.25, 0.3) is 0 Å². The van der Waals surface area contributed by atoms with Gasteiger partial charge in [-0.05, 0) is 44.4 Å². The highest BCUT2D eigenvalue weighted by atomic mass is 16.4. The monoisotopic (exact) mass is 422 g/mol. The van der Waals surface area contributed by atoms with Crippen LogP contribution >= 0.6 is 0 Å². The SMILES string of the molecule is Cn1cccc1C(=O)CC(C(=O)O)[C@@]1(C(=O)O)CCCN1C(=O)[C@@H](N)CCCCN. The zero-order chi connectivity index (χ0) is 22.5. The largest absolute Gasteiger partial charge is 0.481 e. The first-order valence-electron chi connectivity index (χ1n) is 10.0. The second-order valence-corrected chi connectivity index (χ2v) is 7.74. The second-order valence-electron chi connectivity index (χ2n) is 7.74. The zero-order valence-corrected chi connectivity index (χ0v) is 17.1. The van der Waals surface area contributed by atoms with Crippen molar-refractivity contribution in [1.82, 2.24) is 9.47 Å². The molecule has 0 aromatic carbocycles. The topological polar surface area (TPSA) is 169 Å². The van der Waals surface area contributed by atoms with Crippen molar-refractivity contribution in [2.24, 2.45) is 24.4 Å². The molecule has 30 heavy (non-hydrogen) atoms. The molecular weight excluding hydrogens is 392 g/mol. The summed E-state index contributed by atoms with van der Waals surface area (Å²) >= 11 is 0. The van der Waals surface area contributed by atoms with Gasteiger partial charge in [-0.15, -0.1) is 0 Å². The first-order valence-corrected chi connectivity index (χ1v) is 10.0. The maximum absolute atomic E-state index is 13.0. The molecule has 10 heteroatoms. The van der Waals surface area contributed by atoms with Crippen molar-refractivity contribution >= 4 is 23.6 Å². The lowest BCUT2D eigenvalue weighted by Gasteiger charge is -2.40. The predicted molar refractivity (Wildman–Crippen MR) is 108 cm³/mol. The number of Topliss-reactive ketones (excluding diaryl/α,β-unsaturated/α-hetero) is 1. The van der Waals surface area contributed by atoms with E-state index in [0.717, 1.165) is 4.90 Å². The zero-order valence-electron chi connectivity index (χ0n) is 17.1. The molecule has 1 aliphatic rings. The van der Waals surface area contributed by atoms with E-state index in [9.17, 15) is 29.4 Å². The molecule has 0 radical (unpaired) electrons. The number of hydrogen-bond acceptors (Lipinski definition) is 6. The van der Waals surface area contributed by atoms with E-state index in [1.165, 1.54) is 0 Å². The lowest BCUT2D eigenvalue weighted by atomic mass is 9.77. The van der Waals surface area contributed by atoms with Crippen molar-refractivity contribution in [1.29, 1.82) is 0 Å². The van der Waals surface area contributed by atoms with Crippen LogP contribution in [0.15, 0.2) is 18.3 Å². The number of hydrogen-bond donors (Lipinski definition) is 4. The number of aliphatic carboxylic acids is 2. The average molecular weight is 422 g/mol. The number of nitrogens with zero attached hydrogens (tertiary/aromatic N) is 2. The highest BCUT2D eigenvalue weighted by Crippen LogP contribution is 2.39. The molecule has 1 aromatic heterocycles. The Hall–Kier alpha value is -2.72. The number of unbranched alkanes of at least 4 members (excludes halogenated alkanes) is 1. The first kappa shape index (κ1) is 23.6. The van der Waals surface area contributed by atoms with E-state index in [0.29, 0.717) is 32.2 Å². The van der Waals surface area contributed by atoms with Gasteiger partial charge < -0.3 is 31.1 Å². The molecule has 1 unspecified atom stereocenters. The second kappa shape index (κ2) is 9.86. The summed E-state index contributed by atoms with van der Waals surface area (Å²) in [7, 11) is 1.64. The van der Waals surface area contributed by atoms with Gasteiger partial charge in [-0.2, -0.15) is 0 Å². The van der Waals surface area contributed by atoms with Gasteiger partial charge in [0.2, 0.25) is 5.91 Å². The van der Waals surface area contributed by atoms with E-state index < -0.39 is 47.5 Å². The molecule has 10 nitrogen and oxygen atoms in total. The summed E-state index contributed by atoms with van der Waals surface area (Å²) in [6.45, 7) is 0.532. The lowest BCUT2D eigenvalue weighted by Crippen LogP contribution is -2.62. The van der Waals surface area contributed by atoms with Gasteiger partial charge in [-0.25, -0.2) is 4.79 Å². The van der Waals surface area contributed by atoms with E-state index in [2.05, 4.69) is 0 Å². The van der Waals surface area contributed by atoms with Crippen LogP contribution < -0.4 is 11.5 Å². The van der Waals surface area contributed by atoms with Gasteiger partial charge >= 0.3 is 11.9 Å². The first-order chi connectivity index (χ1) is 14.2. The van der Waals surface area contributed by atoms with Crippen LogP contribution in [0.1, 0.15) is 49.0 Å². The molecular formula is C20H30N4O6. The molecule has 1 fully saturated rings. The van der Waals surface area contributed by atoms with E-state index in [1.54, 1.807) is 29.9 Å². The average Bonchev–Trinajstić information content (AvgIpc) is 3.32. The molecule has 1 saturated heterocycles. The van der Waals surface area contributed by atoms with Gasteiger partial charge in [-0.3, -0.25) is 14.4 Å². The van der Waals surface area contributed by atoms with E-state index in [-0.39, 0.29) is 18.7 Å². The van der Waals surface area contributed by atoms with Crippen molar-refractivity contribution in [3.05, 3.63) is 24.0 Å². The molecule has 6 N–H and O–H groups in total. The van der Waals surface area contributed by atoms with Gasteiger partial charge in [0.05, 0.1) is 17.7 Å². The standard InChI is InChI=1S/C20H30N4O6/c1-23-10-4-7-15(23)16(25)12-13(18(27)28)20(19(29)30)8-5-11-24(20)17(26)14(22)6-2-3-9-21/h4,7,10,13-14H,2-3,5-6,8-9,11-12,21-22H2,1H3,(H,27,28)(H,29,30)/t13?,14-,20+/m0/s1. The number of likely N-dealkylation sites (tertiary alicyclic amines) is 1. The van der Waals surface area contributed by atoms with Crippen molar-refractivity contribution in [2.75, 3.05) is 13.1 Å². The Balaban J connectivity index is 2.35. The van der Waals surface area contributed by atoms with Gasteiger partial charge in [0, 0.05) is 26.2 Å². The fourth-order valence-electron chi connectivity index (χ4n) is 4.22. The van der Waals surface area contributed by atoms with Crippen LogP contribution in [-0.2, 0) is 21.4 Å². The van der Waals surface area contributed by atoms with Crippen molar-refractivity contribution in [3.63, 3.8) is 0 Å². The fraction of sp³-hybridized carbons (Fsp3) is 0.600. The summed E-state index contributed by atoms with van der Waals surface area (Å²) in [4.78, 5) is 51.3. The Kier molecular flexibility index (Phi) is 7.74. The number of carboxylic acids is 2. The molecule has 2 heterocycles. The van der Waals surface area contributed by atoms with E-state index >= 15 is 0 Å². The van der Waals surface area contributed by atoms with Gasteiger partial charge in [-0.1, -0.05) is 6.42 Å². The molecule has 0 saturated carbocycles. The molecule has 1 aromatic rings. The molecule has 0 bridgehead atoms. The third-order valence-corrected chi connectivity index (χ3v) is 5.84. The Bertz CT molecular complexity index is 807. The van der Waals surface area contributed by atoms with Crippen molar-refractivity contribution < 1.29 is 29.4 Å². The molecule has 2 rings (SSSR count). The number of nitrogens with two attached hydrogens (primary N) is 2. The van der Waals surface area contributed by atoms with E-state index in [1.807, 2.05) is 0 Å². The Morgan fingerprint density at radius 2 is 1.93 bits per heavy atom. The number of amides is 1. The van der Waals surface area contributed by atoms with Crippen molar-refractivity contribution in [3.8, 4) is 0 Å². The number of aryl methyl sites for hydroxylation is 1. The summed E-state index contributed by atoms with van der Waals surface area (Å²) in [6.07, 6.45) is 2.96. The minimum absolute atomic E-state index is 0.0546. The summed E-state index contributed by atoms with van der Waals surface area (Å²) in [5.41, 5.74) is 9.70.